The first-order chi connectivity index (χ1) is 15.1. The van der Waals surface area contributed by atoms with Crippen molar-refractivity contribution in [2.45, 2.75) is 18.9 Å². The van der Waals surface area contributed by atoms with Gasteiger partial charge in [-0.25, -0.2) is 4.98 Å². The van der Waals surface area contributed by atoms with E-state index in [0.717, 1.165) is 23.4 Å². The fourth-order valence-electron chi connectivity index (χ4n) is 3.56. The van der Waals surface area contributed by atoms with Gasteiger partial charge < -0.3 is 19.1 Å². The number of thiazole rings is 1. The molecule has 4 rings (SSSR count). The second-order valence-electron chi connectivity index (χ2n) is 7.15. The van der Waals surface area contributed by atoms with Crippen molar-refractivity contribution in [1.29, 1.82) is 0 Å². The van der Waals surface area contributed by atoms with Crippen molar-refractivity contribution in [2.75, 3.05) is 27.3 Å². The third-order valence-electron chi connectivity index (χ3n) is 5.19. The molecule has 0 saturated carbocycles. The fourth-order valence-corrected chi connectivity index (χ4v) is 4.55. The molecule has 1 amide bonds. The van der Waals surface area contributed by atoms with Gasteiger partial charge in [0.05, 0.1) is 14.2 Å². The van der Waals surface area contributed by atoms with Crippen molar-refractivity contribution in [3.05, 3.63) is 58.6 Å². The number of rotatable bonds is 6. The van der Waals surface area contributed by atoms with Crippen LogP contribution < -0.4 is 14.2 Å². The minimum absolute atomic E-state index is 0.0216. The number of halogens is 1. The molecule has 0 bridgehead atoms. The minimum Gasteiger partial charge on any atom is -0.493 e. The predicted molar refractivity (Wildman–Crippen MR) is 122 cm³/mol. The largest absolute Gasteiger partial charge is 0.493 e. The summed E-state index contributed by atoms with van der Waals surface area (Å²) in [5.41, 5.74) is 1.38. The van der Waals surface area contributed by atoms with Crippen LogP contribution in [0, 0.1) is 0 Å². The maximum Gasteiger partial charge on any atom is 0.273 e. The van der Waals surface area contributed by atoms with Crippen molar-refractivity contribution in [1.82, 2.24) is 9.88 Å². The van der Waals surface area contributed by atoms with Crippen LogP contribution in [0.3, 0.4) is 0 Å². The maximum absolute atomic E-state index is 12.9. The highest BCUT2D eigenvalue weighted by atomic mass is 35.5. The Morgan fingerprint density at radius 1 is 1.10 bits per heavy atom. The molecule has 0 unspecified atom stereocenters. The van der Waals surface area contributed by atoms with Crippen molar-refractivity contribution >= 4 is 28.8 Å². The van der Waals surface area contributed by atoms with E-state index in [4.69, 9.17) is 25.8 Å². The minimum atomic E-state index is -0.0575. The molecular formula is C23H23ClN2O4S. The van der Waals surface area contributed by atoms with Crippen molar-refractivity contribution < 1.29 is 19.0 Å². The van der Waals surface area contributed by atoms with Crippen molar-refractivity contribution in [3.63, 3.8) is 0 Å². The molecule has 3 aromatic rings. The number of ether oxygens (including phenoxy) is 3. The van der Waals surface area contributed by atoms with Gasteiger partial charge in [-0.2, -0.15) is 0 Å². The second kappa shape index (κ2) is 9.58. The van der Waals surface area contributed by atoms with Crippen LogP contribution in [0.4, 0.5) is 0 Å². The Morgan fingerprint density at radius 3 is 2.42 bits per heavy atom. The molecule has 1 aliphatic rings. The molecule has 2 heterocycles. The van der Waals surface area contributed by atoms with Gasteiger partial charge in [-0.3, -0.25) is 4.79 Å². The number of hydrogen-bond acceptors (Lipinski definition) is 6. The van der Waals surface area contributed by atoms with E-state index >= 15 is 0 Å². The first-order valence-corrected chi connectivity index (χ1v) is 11.2. The molecule has 31 heavy (non-hydrogen) atoms. The molecule has 1 fully saturated rings. The van der Waals surface area contributed by atoms with Gasteiger partial charge in [-0.1, -0.05) is 29.8 Å². The van der Waals surface area contributed by atoms with E-state index in [1.165, 1.54) is 11.3 Å². The molecule has 0 N–H and O–H groups in total. The number of aromatic nitrogens is 1. The summed E-state index contributed by atoms with van der Waals surface area (Å²) in [6, 6.07) is 13.0. The van der Waals surface area contributed by atoms with Gasteiger partial charge in [-0.15, -0.1) is 11.3 Å². The quantitative estimate of drug-likeness (QED) is 0.510. The highest BCUT2D eigenvalue weighted by molar-refractivity contribution is 7.13. The zero-order valence-electron chi connectivity index (χ0n) is 17.3. The number of benzene rings is 2. The van der Waals surface area contributed by atoms with Gasteiger partial charge in [0.1, 0.15) is 16.8 Å². The predicted octanol–water partition coefficient (Wildman–Crippen LogP) is 5.16. The molecule has 6 nitrogen and oxygen atoms in total. The van der Waals surface area contributed by atoms with Gasteiger partial charge in [-0.05, 0) is 24.3 Å². The lowest BCUT2D eigenvalue weighted by Crippen LogP contribution is -2.42. The average molecular weight is 459 g/mol. The van der Waals surface area contributed by atoms with Crippen LogP contribution in [0.1, 0.15) is 23.3 Å². The Kier molecular flexibility index (Phi) is 6.63. The first kappa shape index (κ1) is 21.5. The molecule has 1 aliphatic heterocycles. The van der Waals surface area contributed by atoms with E-state index in [0.29, 0.717) is 41.1 Å². The van der Waals surface area contributed by atoms with Crippen LogP contribution in [0.15, 0.2) is 47.8 Å². The third kappa shape index (κ3) is 4.78. The summed E-state index contributed by atoms with van der Waals surface area (Å²) in [4.78, 5) is 19.3. The van der Waals surface area contributed by atoms with Crippen molar-refractivity contribution in [2.24, 2.45) is 0 Å². The standard InChI is InChI=1S/C23H23ClN2O4S/c1-28-19-7-4-8-20(29-2)21(19)30-17-9-11-26(12-10-17)23(27)18-14-31-22(25-18)15-5-3-6-16(24)13-15/h3-8,13-14,17H,9-12H2,1-2H3. The fraction of sp³-hybridized carbons (Fsp3) is 0.304. The summed E-state index contributed by atoms with van der Waals surface area (Å²) in [7, 11) is 3.21. The summed E-state index contributed by atoms with van der Waals surface area (Å²) in [6.45, 7) is 1.20. The van der Waals surface area contributed by atoms with E-state index in [9.17, 15) is 4.79 Å². The topological polar surface area (TPSA) is 60.9 Å². The lowest BCUT2D eigenvalue weighted by Gasteiger charge is -2.32. The molecule has 0 spiro atoms. The Bertz CT molecular complexity index is 1040. The van der Waals surface area contributed by atoms with Crippen molar-refractivity contribution in [3.8, 4) is 27.8 Å². The Morgan fingerprint density at radius 2 is 1.77 bits per heavy atom. The molecule has 0 radical (unpaired) electrons. The van der Waals surface area contributed by atoms with E-state index in [1.54, 1.807) is 19.6 Å². The van der Waals surface area contributed by atoms with Crippen LogP contribution in [0.25, 0.3) is 10.6 Å². The lowest BCUT2D eigenvalue weighted by molar-refractivity contribution is 0.0580. The summed E-state index contributed by atoms with van der Waals surface area (Å²) >= 11 is 7.51. The second-order valence-corrected chi connectivity index (χ2v) is 8.44. The smallest absolute Gasteiger partial charge is 0.273 e. The molecule has 8 heteroatoms. The number of nitrogens with zero attached hydrogens (tertiary/aromatic N) is 2. The zero-order valence-corrected chi connectivity index (χ0v) is 18.9. The highest BCUT2D eigenvalue weighted by Crippen LogP contribution is 2.38. The van der Waals surface area contributed by atoms with Gasteiger partial charge in [0.25, 0.3) is 5.91 Å². The van der Waals surface area contributed by atoms with Gasteiger partial charge in [0, 0.05) is 41.9 Å². The van der Waals surface area contributed by atoms with Crippen LogP contribution >= 0.6 is 22.9 Å². The summed E-state index contributed by atoms with van der Waals surface area (Å²) in [6.07, 6.45) is 1.42. The summed E-state index contributed by atoms with van der Waals surface area (Å²) in [5, 5.41) is 3.24. The van der Waals surface area contributed by atoms with E-state index in [-0.39, 0.29) is 12.0 Å². The SMILES string of the molecule is COc1cccc(OC)c1OC1CCN(C(=O)c2csc(-c3cccc(Cl)c3)n2)CC1. The summed E-state index contributed by atoms with van der Waals surface area (Å²) < 4.78 is 17.0. The third-order valence-corrected chi connectivity index (χ3v) is 6.32. The number of piperidine rings is 1. The van der Waals surface area contributed by atoms with Gasteiger partial charge in [0.15, 0.2) is 11.5 Å². The molecule has 1 aromatic heterocycles. The van der Waals surface area contributed by atoms with Gasteiger partial charge >= 0.3 is 0 Å². The van der Waals surface area contributed by atoms with Crippen LogP contribution in [-0.4, -0.2) is 49.2 Å². The molecule has 2 aromatic carbocycles. The maximum atomic E-state index is 12.9. The number of hydrogen-bond donors (Lipinski definition) is 0. The lowest BCUT2D eigenvalue weighted by atomic mass is 10.1. The number of carbonyl (C=O) groups excluding carboxylic acids is 1. The van der Waals surface area contributed by atoms with Gasteiger partial charge in [0.2, 0.25) is 5.75 Å². The van der Waals surface area contributed by atoms with Crippen LogP contribution in [0.5, 0.6) is 17.2 Å². The molecular weight excluding hydrogens is 436 g/mol. The monoisotopic (exact) mass is 458 g/mol. The van der Waals surface area contributed by atoms with E-state index in [1.807, 2.05) is 47.4 Å². The number of para-hydroxylation sites is 1. The van der Waals surface area contributed by atoms with Crippen LogP contribution in [-0.2, 0) is 0 Å². The van der Waals surface area contributed by atoms with Crippen LogP contribution in [0.2, 0.25) is 5.02 Å². The number of methoxy groups -OCH3 is 2. The van der Waals surface area contributed by atoms with E-state index in [2.05, 4.69) is 4.98 Å². The Hall–Kier alpha value is -2.77. The number of likely N-dealkylation sites (tertiary alicyclic amines) is 1. The Labute approximate surface area is 190 Å². The Balaban J connectivity index is 1.39. The molecule has 162 valence electrons. The summed E-state index contributed by atoms with van der Waals surface area (Å²) in [5.74, 6) is 1.81. The van der Waals surface area contributed by atoms with E-state index < -0.39 is 0 Å². The highest BCUT2D eigenvalue weighted by Gasteiger charge is 2.27. The first-order valence-electron chi connectivity index (χ1n) is 9.97. The number of amides is 1. The molecule has 0 atom stereocenters. The normalized spacial score (nSPS) is 14.4. The molecule has 0 aliphatic carbocycles. The zero-order chi connectivity index (χ0) is 21.8. The number of carbonyl (C=O) groups is 1. The average Bonchev–Trinajstić information content (AvgIpc) is 3.29. The molecule has 1 saturated heterocycles.